The van der Waals surface area contributed by atoms with E-state index in [0.717, 1.165) is 35.4 Å². The number of ether oxygens (including phenoxy) is 1. The lowest BCUT2D eigenvalue weighted by Crippen LogP contribution is -2.28. The average molecular weight is 430 g/mol. The Morgan fingerprint density at radius 1 is 0.969 bits per heavy atom. The minimum absolute atomic E-state index is 0.211. The molecule has 0 radical (unpaired) electrons. The molecule has 0 atom stereocenters. The third kappa shape index (κ3) is 5.88. The van der Waals surface area contributed by atoms with Crippen LogP contribution in [0.1, 0.15) is 29.5 Å². The SMILES string of the molecule is Cc1cccc(Oc2ccc(NC(=O)NCc3cccc(CN4CCCC4=O)c3)cc2)c1. The molecule has 1 aliphatic heterocycles. The fourth-order valence-electron chi connectivity index (χ4n) is 3.71. The van der Waals surface area contributed by atoms with Crippen molar-refractivity contribution < 1.29 is 14.3 Å². The number of nitrogens with zero attached hydrogens (tertiary/aromatic N) is 1. The van der Waals surface area contributed by atoms with Crippen molar-refractivity contribution in [3.63, 3.8) is 0 Å². The van der Waals surface area contributed by atoms with Gasteiger partial charge in [0.05, 0.1) is 0 Å². The number of urea groups is 1. The second kappa shape index (κ2) is 10.0. The Balaban J connectivity index is 1.26. The summed E-state index contributed by atoms with van der Waals surface area (Å²) in [6.07, 6.45) is 1.57. The molecule has 4 rings (SSSR count). The van der Waals surface area contributed by atoms with Gasteiger partial charge in [-0.1, -0.05) is 36.4 Å². The summed E-state index contributed by atoms with van der Waals surface area (Å²) >= 11 is 0. The Labute approximate surface area is 188 Å². The fraction of sp³-hybridized carbons (Fsp3) is 0.231. The molecule has 2 N–H and O–H groups in total. The van der Waals surface area contributed by atoms with Crippen molar-refractivity contribution in [1.29, 1.82) is 0 Å². The maximum Gasteiger partial charge on any atom is 0.319 e. The molecule has 0 unspecified atom stereocenters. The molecule has 164 valence electrons. The van der Waals surface area contributed by atoms with Crippen LogP contribution in [0.25, 0.3) is 0 Å². The van der Waals surface area contributed by atoms with Crippen LogP contribution in [0.4, 0.5) is 10.5 Å². The molecule has 3 aromatic carbocycles. The molecule has 6 heteroatoms. The Bertz CT molecular complexity index is 1100. The number of aryl methyl sites for hydroxylation is 1. The highest BCUT2D eigenvalue weighted by Crippen LogP contribution is 2.23. The Kier molecular flexibility index (Phi) is 6.70. The highest BCUT2D eigenvalue weighted by Gasteiger charge is 2.19. The monoisotopic (exact) mass is 429 g/mol. The predicted octanol–water partition coefficient (Wildman–Crippen LogP) is 5.23. The first kappa shape index (κ1) is 21.4. The van der Waals surface area contributed by atoms with E-state index in [4.69, 9.17) is 4.74 Å². The number of anilines is 1. The Morgan fingerprint density at radius 2 is 1.75 bits per heavy atom. The van der Waals surface area contributed by atoms with Crippen LogP contribution in [0.2, 0.25) is 0 Å². The fourth-order valence-corrected chi connectivity index (χ4v) is 3.71. The van der Waals surface area contributed by atoms with Gasteiger partial charge in [-0.25, -0.2) is 4.79 Å². The van der Waals surface area contributed by atoms with Gasteiger partial charge in [-0.2, -0.15) is 0 Å². The molecule has 0 spiro atoms. The quantitative estimate of drug-likeness (QED) is 0.540. The van der Waals surface area contributed by atoms with E-state index in [-0.39, 0.29) is 11.9 Å². The first-order valence-electron chi connectivity index (χ1n) is 10.8. The zero-order valence-corrected chi connectivity index (χ0v) is 18.1. The zero-order valence-electron chi connectivity index (χ0n) is 18.1. The molecule has 3 amide bonds. The minimum atomic E-state index is -0.280. The third-order valence-electron chi connectivity index (χ3n) is 5.33. The van der Waals surface area contributed by atoms with Gasteiger partial charge in [-0.05, 0) is 66.4 Å². The van der Waals surface area contributed by atoms with Crippen LogP contribution >= 0.6 is 0 Å². The summed E-state index contributed by atoms with van der Waals surface area (Å²) in [5.41, 5.74) is 3.88. The molecular weight excluding hydrogens is 402 g/mol. The first-order chi connectivity index (χ1) is 15.5. The number of benzene rings is 3. The van der Waals surface area contributed by atoms with Gasteiger partial charge in [0.15, 0.2) is 0 Å². The van der Waals surface area contributed by atoms with Crippen LogP contribution in [0.3, 0.4) is 0 Å². The molecule has 1 heterocycles. The molecule has 0 aromatic heterocycles. The zero-order chi connectivity index (χ0) is 22.3. The number of amides is 3. The van der Waals surface area contributed by atoms with Crippen molar-refractivity contribution in [3.8, 4) is 11.5 Å². The van der Waals surface area contributed by atoms with Gasteiger partial charge < -0.3 is 20.3 Å². The van der Waals surface area contributed by atoms with Gasteiger partial charge in [-0.3, -0.25) is 4.79 Å². The van der Waals surface area contributed by atoms with Crippen LogP contribution in [0.15, 0.2) is 72.8 Å². The van der Waals surface area contributed by atoms with Gasteiger partial charge in [0.1, 0.15) is 11.5 Å². The smallest absolute Gasteiger partial charge is 0.319 e. The van der Waals surface area contributed by atoms with E-state index in [2.05, 4.69) is 10.6 Å². The van der Waals surface area contributed by atoms with E-state index in [1.54, 1.807) is 12.1 Å². The number of nitrogens with one attached hydrogen (secondary N) is 2. The second-order valence-corrected chi connectivity index (χ2v) is 7.99. The number of carbonyl (C=O) groups is 2. The maximum atomic E-state index is 12.3. The van der Waals surface area contributed by atoms with Crippen molar-refractivity contribution in [2.24, 2.45) is 0 Å². The van der Waals surface area contributed by atoms with Crippen molar-refractivity contribution >= 4 is 17.6 Å². The van der Waals surface area contributed by atoms with E-state index in [1.165, 1.54) is 0 Å². The molecule has 1 saturated heterocycles. The lowest BCUT2D eigenvalue weighted by Gasteiger charge is -2.16. The summed E-state index contributed by atoms with van der Waals surface area (Å²) in [5, 5.41) is 5.71. The number of rotatable bonds is 7. The van der Waals surface area contributed by atoms with Gasteiger partial charge in [0.25, 0.3) is 0 Å². The largest absolute Gasteiger partial charge is 0.457 e. The summed E-state index contributed by atoms with van der Waals surface area (Å²) in [7, 11) is 0. The third-order valence-corrected chi connectivity index (χ3v) is 5.33. The summed E-state index contributed by atoms with van der Waals surface area (Å²) in [5.74, 6) is 1.69. The molecule has 1 aliphatic rings. The van der Waals surface area contributed by atoms with E-state index < -0.39 is 0 Å². The van der Waals surface area contributed by atoms with E-state index in [9.17, 15) is 9.59 Å². The lowest BCUT2D eigenvalue weighted by molar-refractivity contribution is -0.128. The van der Waals surface area contributed by atoms with Crippen LogP contribution in [-0.4, -0.2) is 23.4 Å². The Morgan fingerprint density at radius 3 is 2.50 bits per heavy atom. The average Bonchev–Trinajstić information content (AvgIpc) is 3.18. The van der Waals surface area contributed by atoms with Gasteiger partial charge in [-0.15, -0.1) is 0 Å². The number of hydrogen-bond acceptors (Lipinski definition) is 3. The molecule has 0 aliphatic carbocycles. The van der Waals surface area contributed by atoms with Crippen molar-refractivity contribution in [1.82, 2.24) is 10.2 Å². The predicted molar refractivity (Wildman–Crippen MR) is 125 cm³/mol. The van der Waals surface area contributed by atoms with Crippen molar-refractivity contribution in [3.05, 3.63) is 89.5 Å². The van der Waals surface area contributed by atoms with Crippen LogP contribution in [0, 0.1) is 6.92 Å². The normalized spacial score (nSPS) is 13.2. The van der Waals surface area contributed by atoms with E-state index >= 15 is 0 Å². The summed E-state index contributed by atoms with van der Waals surface area (Å²) in [6.45, 7) is 3.86. The number of likely N-dealkylation sites (tertiary alicyclic amines) is 1. The molecule has 1 fully saturated rings. The minimum Gasteiger partial charge on any atom is -0.457 e. The lowest BCUT2D eigenvalue weighted by atomic mass is 10.1. The first-order valence-corrected chi connectivity index (χ1v) is 10.8. The van der Waals surface area contributed by atoms with Crippen LogP contribution in [0.5, 0.6) is 11.5 Å². The standard InChI is InChI=1S/C26H27N3O3/c1-19-5-2-8-24(15-19)32-23-12-10-22(11-13-23)28-26(31)27-17-20-6-3-7-21(16-20)18-29-14-4-9-25(29)30/h2-3,5-8,10-13,15-16H,4,9,14,17-18H2,1H3,(H2,27,28,31). The molecule has 0 bridgehead atoms. The summed E-state index contributed by atoms with van der Waals surface area (Å²) in [6, 6.07) is 22.8. The molecule has 32 heavy (non-hydrogen) atoms. The van der Waals surface area contributed by atoms with Gasteiger partial charge >= 0.3 is 6.03 Å². The molecule has 0 saturated carbocycles. The van der Waals surface area contributed by atoms with Crippen LogP contribution < -0.4 is 15.4 Å². The highest BCUT2D eigenvalue weighted by molar-refractivity contribution is 5.89. The van der Waals surface area contributed by atoms with E-state index in [1.807, 2.05) is 72.5 Å². The second-order valence-electron chi connectivity index (χ2n) is 7.99. The Hall–Kier alpha value is -3.80. The van der Waals surface area contributed by atoms with Gasteiger partial charge in [0, 0.05) is 31.7 Å². The summed E-state index contributed by atoms with van der Waals surface area (Å²) < 4.78 is 5.84. The van der Waals surface area contributed by atoms with Gasteiger partial charge in [0.2, 0.25) is 5.91 Å². The highest BCUT2D eigenvalue weighted by atomic mass is 16.5. The molecule has 3 aromatic rings. The van der Waals surface area contributed by atoms with E-state index in [0.29, 0.717) is 30.9 Å². The van der Waals surface area contributed by atoms with Crippen molar-refractivity contribution in [2.75, 3.05) is 11.9 Å². The number of carbonyl (C=O) groups excluding carboxylic acids is 2. The summed E-state index contributed by atoms with van der Waals surface area (Å²) in [4.78, 5) is 26.0. The number of hydrogen-bond donors (Lipinski definition) is 2. The van der Waals surface area contributed by atoms with Crippen LogP contribution in [-0.2, 0) is 17.9 Å². The maximum absolute atomic E-state index is 12.3. The topological polar surface area (TPSA) is 70.7 Å². The van der Waals surface area contributed by atoms with Crippen molar-refractivity contribution in [2.45, 2.75) is 32.9 Å². The molecule has 6 nitrogen and oxygen atoms in total. The molecular formula is C26H27N3O3.